The Kier molecular flexibility index (Phi) is 5.93. The topological polar surface area (TPSA) is 73.2 Å². The van der Waals surface area contributed by atoms with Gasteiger partial charge in [-0.25, -0.2) is 9.78 Å². The van der Waals surface area contributed by atoms with Crippen LogP contribution >= 0.6 is 22.9 Å². The number of hydrogen-bond acceptors (Lipinski definition) is 5. The Labute approximate surface area is 165 Å². The summed E-state index contributed by atoms with van der Waals surface area (Å²) in [5.74, 6) is 0.0295. The molecule has 1 amide bonds. The van der Waals surface area contributed by atoms with Crippen LogP contribution in [0.5, 0.6) is 0 Å². The summed E-state index contributed by atoms with van der Waals surface area (Å²) < 4.78 is 6.86. The molecule has 2 heterocycles. The summed E-state index contributed by atoms with van der Waals surface area (Å²) in [4.78, 5) is 30.0. The molecule has 0 aliphatic carbocycles. The molecule has 3 rings (SSSR count). The van der Waals surface area contributed by atoms with E-state index in [0.29, 0.717) is 15.6 Å². The number of thiophene rings is 1. The average molecular weight is 404 g/mol. The first-order valence-electron chi connectivity index (χ1n) is 8.32. The standard InChI is InChI=1S/C19H18ClN3O3S/c1-3-26-19(25)18-15(22-17(24)11-23-9-8-21-12(23)2)10-16(27-18)13-4-6-14(20)7-5-13/h4-10H,3,11H2,1-2H3,(H,22,24). The van der Waals surface area contributed by atoms with Gasteiger partial charge in [0.1, 0.15) is 17.2 Å². The molecule has 0 atom stereocenters. The summed E-state index contributed by atoms with van der Waals surface area (Å²) in [5.41, 5.74) is 1.34. The van der Waals surface area contributed by atoms with Crippen molar-refractivity contribution in [1.29, 1.82) is 0 Å². The maximum absolute atomic E-state index is 12.4. The minimum atomic E-state index is -0.461. The fraction of sp³-hybridized carbons (Fsp3) is 0.211. The van der Waals surface area contributed by atoms with Crippen molar-refractivity contribution < 1.29 is 14.3 Å². The number of benzene rings is 1. The Morgan fingerprint density at radius 2 is 2.04 bits per heavy atom. The summed E-state index contributed by atoms with van der Waals surface area (Å²) in [5, 5.41) is 3.44. The zero-order valence-electron chi connectivity index (χ0n) is 14.9. The van der Waals surface area contributed by atoms with Gasteiger partial charge in [-0.05, 0) is 37.6 Å². The largest absolute Gasteiger partial charge is 0.462 e. The smallest absolute Gasteiger partial charge is 0.350 e. The molecule has 27 heavy (non-hydrogen) atoms. The van der Waals surface area contributed by atoms with Crippen molar-refractivity contribution in [2.24, 2.45) is 0 Å². The van der Waals surface area contributed by atoms with Gasteiger partial charge in [-0.2, -0.15) is 0 Å². The number of ether oxygens (including phenoxy) is 1. The van der Waals surface area contributed by atoms with E-state index >= 15 is 0 Å². The Bertz CT molecular complexity index is 963. The van der Waals surface area contributed by atoms with Crippen LogP contribution in [0.15, 0.2) is 42.7 Å². The lowest BCUT2D eigenvalue weighted by Gasteiger charge is -2.07. The zero-order valence-corrected chi connectivity index (χ0v) is 16.4. The van der Waals surface area contributed by atoms with Gasteiger partial charge in [0.25, 0.3) is 0 Å². The van der Waals surface area contributed by atoms with Crippen molar-refractivity contribution in [3.63, 3.8) is 0 Å². The summed E-state index contributed by atoms with van der Waals surface area (Å²) >= 11 is 7.21. The first kappa shape index (κ1) is 19.1. The maximum Gasteiger partial charge on any atom is 0.350 e. The molecular formula is C19H18ClN3O3S. The number of esters is 1. The summed E-state index contributed by atoms with van der Waals surface area (Å²) in [6.07, 6.45) is 3.36. The van der Waals surface area contributed by atoms with E-state index in [2.05, 4.69) is 10.3 Å². The lowest BCUT2D eigenvalue weighted by molar-refractivity contribution is -0.116. The van der Waals surface area contributed by atoms with Gasteiger partial charge in [0.15, 0.2) is 0 Å². The number of halogens is 1. The van der Waals surface area contributed by atoms with E-state index in [-0.39, 0.29) is 19.1 Å². The van der Waals surface area contributed by atoms with E-state index < -0.39 is 5.97 Å². The number of hydrogen-bond donors (Lipinski definition) is 1. The number of aryl methyl sites for hydroxylation is 1. The molecule has 0 saturated heterocycles. The van der Waals surface area contributed by atoms with Gasteiger partial charge in [-0.1, -0.05) is 23.7 Å². The molecule has 0 radical (unpaired) electrons. The number of nitrogens with zero attached hydrogens (tertiary/aromatic N) is 2. The molecule has 2 aromatic heterocycles. The highest BCUT2D eigenvalue weighted by Gasteiger charge is 2.20. The van der Waals surface area contributed by atoms with Crippen LogP contribution in [0.25, 0.3) is 10.4 Å². The van der Waals surface area contributed by atoms with Crippen LogP contribution in [-0.4, -0.2) is 28.0 Å². The molecule has 0 fully saturated rings. The number of amides is 1. The van der Waals surface area contributed by atoms with Crippen LogP contribution in [0.4, 0.5) is 5.69 Å². The zero-order chi connectivity index (χ0) is 19.4. The van der Waals surface area contributed by atoms with Crippen LogP contribution in [0.2, 0.25) is 5.02 Å². The van der Waals surface area contributed by atoms with Crippen LogP contribution in [0.3, 0.4) is 0 Å². The molecule has 0 aliphatic rings. The molecule has 140 valence electrons. The molecule has 0 unspecified atom stereocenters. The highest BCUT2D eigenvalue weighted by Crippen LogP contribution is 2.36. The number of aromatic nitrogens is 2. The predicted octanol–water partition coefficient (Wildman–Crippen LogP) is 4.39. The normalized spacial score (nSPS) is 10.6. The van der Waals surface area contributed by atoms with E-state index in [9.17, 15) is 9.59 Å². The molecule has 0 bridgehead atoms. The molecular weight excluding hydrogens is 386 g/mol. The van der Waals surface area contributed by atoms with Crippen molar-refractivity contribution in [2.45, 2.75) is 20.4 Å². The molecule has 1 aromatic carbocycles. The Balaban J connectivity index is 1.87. The van der Waals surface area contributed by atoms with Crippen LogP contribution in [0.1, 0.15) is 22.4 Å². The first-order valence-corrected chi connectivity index (χ1v) is 9.52. The van der Waals surface area contributed by atoms with E-state index in [1.54, 1.807) is 42.1 Å². The quantitative estimate of drug-likeness (QED) is 0.619. The molecule has 1 N–H and O–H groups in total. The molecule has 0 spiro atoms. The second-order valence-corrected chi connectivity index (χ2v) is 7.22. The van der Waals surface area contributed by atoms with Gasteiger partial charge in [0, 0.05) is 22.3 Å². The van der Waals surface area contributed by atoms with Gasteiger partial charge < -0.3 is 14.6 Å². The highest BCUT2D eigenvalue weighted by atomic mass is 35.5. The lowest BCUT2D eigenvalue weighted by atomic mass is 10.2. The van der Waals surface area contributed by atoms with Gasteiger partial charge in [0.2, 0.25) is 5.91 Å². The van der Waals surface area contributed by atoms with Crippen molar-refractivity contribution in [1.82, 2.24) is 9.55 Å². The minimum Gasteiger partial charge on any atom is -0.462 e. The van der Waals surface area contributed by atoms with Crippen molar-refractivity contribution in [3.05, 3.63) is 58.4 Å². The Morgan fingerprint density at radius 1 is 1.30 bits per heavy atom. The number of anilines is 1. The highest BCUT2D eigenvalue weighted by molar-refractivity contribution is 7.18. The maximum atomic E-state index is 12.4. The summed E-state index contributed by atoms with van der Waals surface area (Å²) in [6, 6.07) is 9.06. The monoisotopic (exact) mass is 403 g/mol. The number of rotatable bonds is 6. The fourth-order valence-electron chi connectivity index (χ4n) is 2.50. The number of nitrogens with one attached hydrogen (secondary N) is 1. The third-order valence-electron chi connectivity index (χ3n) is 3.83. The van der Waals surface area contributed by atoms with Gasteiger partial charge in [-0.3, -0.25) is 4.79 Å². The molecule has 8 heteroatoms. The third kappa shape index (κ3) is 4.56. The minimum absolute atomic E-state index is 0.111. The van der Waals surface area contributed by atoms with Crippen molar-refractivity contribution in [2.75, 3.05) is 11.9 Å². The molecule has 6 nitrogen and oxygen atoms in total. The van der Waals surface area contributed by atoms with E-state index in [1.807, 2.05) is 19.1 Å². The Morgan fingerprint density at radius 3 is 2.67 bits per heavy atom. The van der Waals surface area contributed by atoms with Gasteiger partial charge in [-0.15, -0.1) is 11.3 Å². The molecule has 3 aromatic rings. The SMILES string of the molecule is CCOC(=O)c1sc(-c2ccc(Cl)cc2)cc1NC(=O)Cn1ccnc1C. The van der Waals surface area contributed by atoms with Gasteiger partial charge >= 0.3 is 5.97 Å². The summed E-state index contributed by atoms with van der Waals surface area (Å²) in [6.45, 7) is 3.93. The van der Waals surface area contributed by atoms with Crippen molar-refractivity contribution >= 4 is 40.5 Å². The van der Waals surface area contributed by atoms with Crippen LogP contribution < -0.4 is 5.32 Å². The second-order valence-electron chi connectivity index (χ2n) is 5.73. The van der Waals surface area contributed by atoms with Crippen molar-refractivity contribution in [3.8, 4) is 10.4 Å². The Hall–Kier alpha value is -2.64. The van der Waals surface area contributed by atoms with E-state index in [4.69, 9.17) is 16.3 Å². The molecule has 0 aliphatic heterocycles. The number of carbonyl (C=O) groups excluding carboxylic acids is 2. The third-order valence-corrected chi connectivity index (χ3v) is 5.25. The predicted molar refractivity (Wildman–Crippen MR) is 106 cm³/mol. The average Bonchev–Trinajstić information content (AvgIpc) is 3.22. The lowest BCUT2D eigenvalue weighted by Crippen LogP contribution is -2.20. The van der Waals surface area contributed by atoms with Crippen LogP contribution in [-0.2, 0) is 16.1 Å². The second kappa shape index (κ2) is 8.37. The van der Waals surface area contributed by atoms with E-state index in [0.717, 1.165) is 16.3 Å². The fourth-order valence-corrected chi connectivity index (χ4v) is 3.64. The summed E-state index contributed by atoms with van der Waals surface area (Å²) in [7, 11) is 0. The molecule has 0 saturated carbocycles. The van der Waals surface area contributed by atoms with E-state index in [1.165, 1.54) is 11.3 Å². The van der Waals surface area contributed by atoms with Crippen LogP contribution in [0, 0.1) is 6.92 Å². The number of carbonyl (C=O) groups is 2. The van der Waals surface area contributed by atoms with Gasteiger partial charge in [0.05, 0.1) is 12.3 Å². The number of imidazole rings is 1. The first-order chi connectivity index (χ1) is 13.0.